The van der Waals surface area contributed by atoms with Crippen LogP contribution < -0.4 is 55.7 Å². The Bertz CT molecular complexity index is 4590. The average molecular weight is 1600 g/mol. The van der Waals surface area contributed by atoms with Crippen molar-refractivity contribution in [1.29, 1.82) is 0 Å². The maximum Gasteiger partial charge on any atom is 1.00 e. The third kappa shape index (κ3) is 23.2. The van der Waals surface area contributed by atoms with Gasteiger partial charge in [0.1, 0.15) is 60.6 Å². The first-order chi connectivity index (χ1) is 48.4. The molecule has 0 N–H and O–H groups in total. The zero-order valence-corrected chi connectivity index (χ0v) is 64.8. The quantitative estimate of drug-likeness (QED) is 0.0239. The van der Waals surface area contributed by atoms with Crippen molar-refractivity contribution >= 4 is 59.7 Å². The molecule has 0 fully saturated rings. The van der Waals surface area contributed by atoms with Crippen molar-refractivity contribution in [3.8, 4) is 33.4 Å². The van der Waals surface area contributed by atoms with Gasteiger partial charge >= 0.3 is 29.6 Å². The minimum atomic E-state index is -0.831. The third-order valence-corrected chi connectivity index (χ3v) is 17.0. The first-order valence-electron chi connectivity index (χ1n) is 32.3. The molecule has 11 aromatic rings. The minimum Gasteiger partial charge on any atom is -1.00 e. The third-order valence-electron chi connectivity index (χ3n) is 17.0. The zero-order chi connectivity index (χ0) is 73.0. The fraction of sp³-hybridized carbons (Fsp3) is 0.179. The van der Waals surface area contributed by atoms with Crippen molar-refractivity contribution in [2.45, 2.75) is 59.8 Å². The van der Waals surface area contributed by atoms with Gasteiger partial charge < -0.3 is 23.3 Å². The SMILES string of the molecule is CC1=C(c2ccc(CC(=O)c3c(F)cccc3F)cc2)CN(C)CC1.CI.Cc1cc[n+](C)cc1-c1ccc(CC(=O)c2c(F)cccc2F)cc1.Cc1cc[n+](C)cc1-c1ccc(CC(=O)c2c(F)cccc2F)cc1.Cc1ccncc1-c1ccc(CC(=O)c2c(F)cccc2F)cc1.[B].[Br-].[H-].[Na+]. The maximum absolute atomic E-state index is 13.7. The fourth-order valence-corrected chi connectivity index (χ4v) is 11.4. The number of pyridine rings is 3. The van der Waals surface area contributed by atoms with Crippen LogP contribution in [0.1, 0.15) is 101 Å². The van der Waals surface area contributed by atoms with Gasteiger partial charge in [0, 0.05) is 88.4 Å². The monoisotopic (exact) mass is 1600 g/mol. The molecule has 0 saturated heterocycles. The first-order valence-corrected chi connectivity index (χ1v) is 34.4. The molecule has 0 aliphatic carbocycles. The van der Waals surface area contributed by atoms with Crippen LogP contribution in [-0.4, -0.2) is 66.5 Å². The van der Waals surface area contributed by atoms with Crippen LogP contribution in [0.5, 0.6) is 0 Å². The van der Waals surface area contributed by atoms with Crippen LogP contribution in [0.3, 0.4) is 0 Å². The number of nitrogens with zero attached hydrogens (tertiary/aromatic N) is 4. The van der Waals surface area contributed by atoms with Gasteiger partial charge in [-0.15, -0.1) is 0 Å². The molecule has 0 spiro atoms. The molecule has 0 atom stereocenters. The van der Waals surface area contributed by atoms with Gasteiger partial charge in [-0.05, 0) is 167 Å². The summed E-state index contributed by atoms with van der Waals surface area (Å²) in [5.74, 6) is -8.83. The van der Waals surface area contributed by atoms with Crippen molar-refractivity contribution in [1.82, 2.24) is 9.88 Å². The summed E-state index contributed by atoms with van der Waals surface area (Å²) in [7, 11) is 6.01. The van der Waals surface area contributed by atoms with E-state index in [0.717, 1.165) is 140 Å². The van der Waals surface area contributed by atoms with Gasteiger partial charge in [-0.1, -0.05) is 149 Å². The molecule has 12 rings (SSSR count). The number of ketones is 4. The summed E-state index contributed by atoms with van der Waals surface area (Å²) in [5.41, 5.74) is 14.5. The number of halogens is 10. The van der Waals surface area contributed by atoms with Gasteiger partial charge in [0.25, 0.3) is 0 Å². The maximum atomic E-state index is 13.7. The smallest absolute Gasteiger partial charge is 1.00 e. The molecule has 8 nitrogen and oxygen atoms in total. The normalized spacial score (nSPS) is 11.4. The molecular formula is C84H76BBrF8IN4NaO4+. The van der Waals surface area contributed by atoms with Crippen LogP contribution in [0.4, 0.5) is 35.1 Å². The molecule has 1 aliphatic heterocycles. The number of benzene rings is 8. The van der Waals surface area contributed by atoms with Crippen molar-refractivity contribution < 1.29 is 111 Å². The summed E-state index contributed by atoms with van der Waals surface area (Å²) in [5, 5.41) is 0. The van der Waals surface area contributed by atoms with Gasteiger partial charge in [0.05, 0.1) is 22.3 Å². The Labute approximate surface area is 652 Å². The largest absolute Gasteiger partial charge is 1.00 e. The van der Waals surface area contributed by atoms with Crippen LogP contribution in [0, 0.1) is 67.3 Å². The van der Waals surface area contributed by atoms with E-state index in [1.54, 1.807) is 24.5 Å². The number of carbonyl (C=O) groups excluding carboxylic acids is 4. The van der Waals surface area contributed by atoms with Gasteiger partial charge in [0.2, 0.25) is 0 Å². The topological polar surface area (TPSA) is 92.2 Å². The molecule has 8 aromatic carbocycles. The average Bonchev–Trinajstić information content (AvgIpc) is 0.827. The molecule has 4 heterocycles. The van der Waals surface area contributed by atoms with E-state index in [1.165, 1.54) is 35.4 Å². The predicted molar refractivity (Wildman–Crippen MR) is 396 cm³/mol. The summed E-state index contributed by atoms with van der Waals surface area (Å²) >= 11 is 2.15. The fourth-order valence-electron chi connectivity index (χ4n) is 11.4. The Morgan fingerprint density at radius 3 is 0.981 bits per heavy atom. The number of aryl methyl sites for hydroxylation is 5. The number of hydrogen-bond acceptors (Lipinski definition) is 6. The standard InChI is InChI=1S/C21H21F2NO.2C21H18F2NO.C20H15F2NO.CH3I.B.BrH.Na.H/c3*1-14-10-11-24(2)13-17(14)16-8-6-15(7-9-16)12-20(25)21-18(22)4-3-5-19(21)23;1-13-9-10-23-12-16(13)15-7-5-14(6-8-15)11-19(24)20-17(21)3-2-4-18(20)22;1-2;;;;/h3-9H,10-13H2,1-2H3;2*3-11,13H,12H2,1-2H3;2-10,12H,11H2,1H3;1H3;;1H;;/q;2*+1;;;;;+1;-1/p-1. The van der Waals surface area contributed by atoms with E-state index in [9.17, 15) is 54.3 Å². The van der Waals surface area contributed by atoms with Crippen molar-refractivity contribution in [2.75, 3.05) is 25.1 Å². The van der Waals surface area contributed by atoms with E-state index < -0.39 is 91.9 Å². The van der Waals surface area contributed by atoms with Crippen molar-refractivity contribution in [2.24, 2.45) is 14.1 Å². The number of alkyl halides is 1. The van der Waals surface area contributed by atoms with Crippen LogP contribution in [0.25, 0.3) is 39.0 Å². The Balaban J connectivity index is 0.000000290. The predicted octanol–water partition coefficient (Wildman–Crippen LogP) is 12.4. The van der Waals surface area contributed by atoms with E-state index in [4.69, 9.17) is 0 Å². The number of carbonyl (C=O) groups is 4. The first kappa shape index (κ1) is 85.9. The number of aromatic nitrogens is 3. The Morgan fingerprint density at radius 1 is 0.423 bits per heavy atom. The summed E-state index contributed by atoms with van der Waals surface area (Å²) < 4.78 is 114. The summed E-state index contributed by atoms with van der Waals surface area (Å²) in [6.07, 6.45) is 12.4. The molecule has 0 bridgehead atoms. The second-order valence-electron chi connectivity index (χ2n) is 24.4. The van der Waals surface area contributed by atoms with Crippen molar-refractivity contribution in [3.05, 3.63) is 344 Å². The molecule has 0 amide bonds. The number of hydrogen-bond donors (Lipinski definition) is 0. The number of rotatable bonds is 16. The van der Waals surface area contributed by atoms with E-state index >= 15 is 0 Å². The Kier molecular flexibility index (Phi) is 34.0. The van der Waals surface area contributed by atoms with Crippen LogP contribution >= 0.6 is 22.6 Å². The van der Waals surface area contributed by atoms with Gasteiger partial charge in [-0.2, -0.15) is 0 Å². The molecular weight excluding hydrogens is 1520 g/mol. The molecule has 104 heavy (non-hydrogen) atoms. The molecule has 3 radical (unpaired) electrons. The molecule has 0 saturated carbocycles. The second-order valence-corrected chi connectivity index (χ2v) is 24.4. The Morgan fingerprint density at radius 2 is 0.692 bits per heavy atom. The second kappa shape index (κ2) is 41.1. The van der Waals surface area contributed by atoms with Gasteiger partial charge in [-0.25, -0.2) is 44.3 Å². The van der Waals surface area contributed by atoms with E-state index in [2.05, 4.69) is 46.4 Å². The Hall–Kier alpha value is -8.70. The van der Waals surface area contributed by atoms with E-state index in [1.807, 2.05) is 177 Å². The van der Waals surface area contributed by atoms with E-state index in [0.29, 0.717) is 5.56 Å². The van der Waals surface area contributed by atoms with Gasteiger partial charge in [0.15, 0.2) is 47.9 Å². The van der Waals surface area contributed by atoms with Crippen LogP contribution in [-0.2, 0) is 39.8 Å². The van der Waals surface area contributed by atoms with Crippen molar-refractivity contribution in [3.63, 3.8) is 0 Å². The summed E-state index contributed by atoms with van der Waals surface area (Å²) in [6.45, 7) is 10.2. The van der Waals surface area contributed by atoms with Gasteiger partial charge in [-0.3, -0.25) is 24.2 Å². The summed E-state index contributed by atoms with van der Waals surface area (Å²) in [4.78, 5) is 57.2. The van der Waals surface area contributed by atoms with Crippen LogP contribution in [0.2, 0.25) is 0 Å². The molecule has 529 valence electrons. The number of likely N-dealkylation sites (N-methyl/N-ethyl adjacent to an activating group) is 1. The molecule has 3 aromatic heterocycles. The zero-order valence-electron chi connectivity index (χ0n) is 60.1. The molecule has 0 unspecified atom stereocenters. The number of Topliss-reactive ketones (excluding diaryl/α,β-unsaturated/α-hetero) is 4. The summed E-state index contributed by atoms with van der Waals surface area (Å²) in [6, 6.07) is 49.7. The van der Waals surface area contributed by atoms with Crippen LogP contribution in [0.15, 0.2) is 231 Å². The van der Waals surface area contributed by atoms with E-state index in [-0.39, 0.29) is 82.1 Å². The minimum absolute atomic E-state index is 0. The molecule has 1 aliphatic rings. The molecule has 20 heteroatoms.